The number of hydrogen-bond acceptors (Lipinski definition) is 8. The normalized spacial score (nSPS) is 40.5. The van der Waals surface area contributed by atoms with Crippen LogP contribution in [0, 0.1) is 28.6 Å². The summed E-state index contributed by atoms with van der Waals surface area (Å²) in [4.78, 5) is 50.4. The molecule has 0 saturated heterocycles. The lowest BCUT2D eigenvalue weighted by Crippen LogP contribution is -2.70. The largest absolute Gasteiger partial charge is 0.491 e. The molecule has 0 aromatic carbocycles. The molecule has 3 saturated carbocycles. The fourth-order valence-corrected chi connectivity index (χ4v) is 8.28. The van der Waals surface area contributed by atoms with E-state index >= 15 is 4.39 Å². The number of rotatable bonds is 7. The molecule has 8 nitrogen and oxygen atoms in total. The van der Waals surface area contributed by atoms with Gasteiger partial charge >= 0.3 is 18.1 Å². The summed E-state index contributed by atoms with van der Waals surface area (Å²) in [6, 6.07) is 0. The molecule has 3 fully saturated rings. The Kier molecular flexibility index (Phi) is 7.86. The third kappa shape index (κ3) is 4.47. The van der Waals surface area contributed by atoms with E-state index < -0.39 is 82.6 Å². The zero-order chi connectivity index (χ0) is 30.8. The van der Waals surface area contributed by atoms with Crippen molar-refractivity contribution in [2.24, 2.45) is 28.6 Å². The van der Waals surface area contributed by atoms with Crippen molar-refractivity contribution >= 4 is 23.5 Å². The summed E-state index contributed by atoms with van der Waals surface area (Å²) >= 11 is 0. The second-order valence-electron chi connectivity index (χ2n) is 12.3. The van der Waals surface area contributed by atoms with E-state index in [2.05, 4.69) is 4.74 Å². The number of hydrogen-bond donors (Lipinski definition) is 2. The summed E-state index contributed by atoms with van der Waals surface area (Å²) in [7, 11) is 0. The number of Topliss-reactive ketones (excluding diaryl/α,β-unsaturated/α-hetero) is 1. The quantitative estimate of drug-likeness (QED) is 0.259. The number of unbranched alkanes of at least 4 members (excludes halogenated alkanes) is 1. The SMILES string of the molecule is CCCCC(=O)O[C@]1(C(=O)C(O)OC(=O)C(F)(F)F)C(C)C[C@H]2[C@@H]3CCC4=CC(=O)C=C[C@]4(C)[C@@]3(F)C(O)C[C@@]21C. The Morgan fingerprint density at radius 1 is 1.20 bits per heavy atom. The van der Waals surface area contributed by atoms with Gasteiger partial charge in [-0.2, -0.15) is 13.2 Å². The predicted octanol–water partition coefficient (Wildman–Crippen LogP) is 4.07. The van der Waals surface area contributed by atoms with Crippen LogP contribution in [0.3, 0.4) is 0 Å². The molecule has 3 unspecified atom stereocenters. The van der Waals surface area contributed by atoms with Gasteiger partial charge in [0.25, 0.3) is 6.29 Å². The molecule has 4 rings (SSSR count). The van der Waals surface area contributed by atoms with Crippen LogP contribution >= 0.6 is 0 Å². The van der Waals surface area contributed by atoms with Crippen LogP contribution in [0.2, 0.25) is 0 Å². The second-order valence-corrected chi connectivity index (χ2v) is 12.3. The van der Waals surface area contributed by atoms with Gasteiger partial charge in [-0.15, -0.1) is 0 Å². The van der Waals surface area contributed by atoms with Gasteiger partial charge in [0.1, 0.15) is 0 Å². The summed E-state index contributed by atoms with van der Waals surface area (Å²) in [5, 5.41) is 22.0. The van der Waals surface area contributed by atoms with Crippen LogP contribution in [0.1, 0.15) is 72.6 Å². The molecule has 0 amide bonds. The molecule has 0 heterocycles. The maximum absolute atomic E-state index is 17.4. The van der Waals surface area contributed by atoms with Gasteiger partial charge in [0.05, 0.1) is 6.10 Å². The van der Waals surface area contributed by atoms with Gasteiger partial charge in [-0.05, 0) is 57.1 Å². The molecule has 4 aliphatic rings. The van der Waals surface area contributed by atoms with Crippen LogP contribution in [0.4, 0.5) is 17.6 Å². The highest BCUT2D eigenvalue weighted by Crippen LogP contribution is 2.71. The van der Waals surface area contributed by atoms with Gasteiger partial charge in [0, 0.05) is 29.1 Å². The molecule has 9 atom stereocenters. The standard InChI is InChI=1S/C29H36F4O8/c1-5-6-7-21(36)41-28(22(37)23(38)40-24(39)29(31,32)33)15(2)12-19-18-9-8-16-13-17(34)10-11-25(16,3)27(18,30)20(35)14-26(19,28)4/h10-11,13,15,18-20,23,35,38H,5-9,12,14H2,1-4H3/t15?,18-,19-,20?,23?,25-,26-,27-,28-/m0/s1. The maximum atomic E-state index is 17.4. The van der Waals surface area contributed by atoms with Crippen molar-refractivity contribution < 1.29 is 56.4 Å². The van der Waals surface area contributed by atoms with Crippen LogP contribution in [0.5, 0.6) is 0 Å². The second kappa shape index (κ2) is 10.3. The first kappa shape index (κ1) is 31.3. The fraction of sp³-hybridized carbons (Fsp3) is 0.724. The smallest absolute Gasteiger partial charge is 0.450 e. The van der Waals surface area contributed by atoms with Gasteiger partial charge in [-0.3, -0.25) is 14.4 Å². The van der Waals surface area contributed by atoms with Gasteiger partial charge in [-0.25, -0.2) is 9.18 Å². The molecule has 0 aliphatic heterocycles. The number of fused-ring (bicyclic) bond motifs is 5. The van der Waals surface area contributed by atoms with E-state index in [-0.39, 0.29) is 25.0 Å². The minimum atomic E-state index is -5.51. The van der Waals surface area contributed by atoms with Gasteiger partial charge < -0.3 is 19.7 Å². The lowest BCUT2D eigenvalue weighted by atomic mass is 9.44. The van der Waals surface area contributed by atoms with E-state index in [1.54, 1.807) is 6.92 Å². The van der Waals surface area contributed by atoms with Crippen LogP contribution in [-0.2, 0) is 28.7 Å². The highest BCUT2D eigenvalue weighted by Gasteiger charge is 2.78. The number of alkyl halides is 4. The average molecular weight is 589 g/mol. The van der Waals surface area contributed by atoms with Crippen molar-refractivity contribution in [1.29, 1.82) is 0 Å². The lowest BCUT2D eigenvalue weighted by molar-refractivity contribution is -0.241. The van der Waals surface area contributed by atoms with Gasteiger partial charge in [0.15, 0.2) is 17.1 Å². The zero-order valence-electron chi connectivity index (χ0n) is 23.4. The van der Waals surface area contributed by atoms with E-state index in [0.29, 0.717) is 24.8 Å². The summed E-state index contributed by atoms with van der Waals surface area (Å²) in [6.07, 6.45) is -5.17. The Bertz CT molecular complexity index is 1200. The summed E-state index contributed by atoms with van der Waals surface area (Å²) in [6.45, 7) is 6.42. The first-order valence-corrected chi connectivity index (χ1v) is 13.9. The van der Waals surface area contributed by atoms with Crippen LogP contribution in [0.25, 0.3) is 0 Å². The highest BCUT2D eigenvalue weighted by atomic mass is 19.4. The third-order valence-corrected chi connectivity index (χ3v) is 10.2. The summed E-state index contributed by atoms with van der Waals surface area (Å²) in [5.41, 5.74) is -6.98. The number of aliphatic hydroxyl groups is 2. The number of halogens is 4. The van der Waals surface area contributed by atoms with Crippen LogP contribution in [-0.4, -0.2) is 63.6 Å². The Hall–Kier alpha value is -2.60. The molecule has 0 radical (unpaired) electrons. The van der Waals surface area contributed by atoms with Crippen molar-refractivity contribution in [1.82, 2.24) is 0 Å². The first-order valence-electron chi connectivity index (χ1n) is 13.9. The van der Waals surface area contributed by atoms with Crippen molar-refractivity contribution in [3.63, 3.8) is 0 Å². The predicted molar refractivity (Wildman–Crippen MR) is 134 cm³/mol. The minimum Gasteiger partial charge on any atom is -0.450 e. The molecule has 41 heavy (non-hydrogen) atoms. The number of aliphatic hydroxyl groups excluding tert-OH is 2. The van der Waals surface area contributed by atoms with E-state index in [1.807, 2.05) is 6.92 Å². The van der Waals surface area contributed by atoms with Gasteiger partial charge in [-0.1, -0.05) is 38.8 Å². The molecule has 4 aliphatic carbocycles. The van der Waals surface area contributed by atoms with Crippen molar-refractivity contribution in [2.45, 2.75) is 102 Å². The molecule has 228 valence electrons. The Balaban J connectivity index is 1.81. The van der Waals surface area contributed by atoms with Crippen LogP contribution < -0.4 is 0 Å². The average Bonchev–Trinajstić information content (AvgIpc) is 3.09. The number of carbonyl (C=O) groups is 4. The van der Waals surface area contributed by atoms with E-state index in [4.69, 9.17) is 4.74 Å². The molecule has 0 bridgehead atoms. The van der Waals surface area contributed by atoms with Crippen LogP contribution in [0.15, 0.2) is 23.8 Å². The highest BCUT2D eigenvalue weighted by molar-refractivity contribution is 6.01. The number of esters is 2. The van der Waals surface area contributed by atoms with E-state index in [0.717, 1.165) is 0 Å². The van der Waals surface area contributed by atoms with Crippen molar-refractivity contribution in [2.75, 3.05) is 0 Å². The molecule has 0 aromatic heterocycles. The molecular weight excluding hydrogens is 552 g/mol. The van der Waals surface area contributed by atoms with Crippen molar-refractivity contribution in [3.05, 3.63) is 23.8 Å². The van der Waals surface area contributed by atoms with Crippen molar-refractivity contribution in [3.8, 4) is 0 Å². The number of ketones is 2. The first-order chi connectivity index (χ1) is 18.9. The zero-order valence-corrected chi connectivity index (χ0v) is 23.4. The molecule has 2 N–H and O–H groups in total. The maximum Gasteiger partial charge on any atom is 0.491 e. The number of carbonyl (C=O) groups excluding carboxylic acids is 4. The Morgan fingerprint density at radius 3 is 2.46 bits per heavy atom. The summed E-state index contributed by atoms with van der Waals surface area (Å²) in [5.74, 6) is -8.01. The van der Waals surface area contributed by atoms with E-state index in [1.165, 1.54) is 32.1 Å². The monoisotopic (exact) mass is 588 g/mol. The molecular formula is C29H36F4O8. The Morgan fingerprint density at radius 2 is 1.85 bits per heavy atom. The Labute approximate surface area is 235 Å². The number of allylic oxidation sites excluding steroid dienone is 4. The van der Waals surface area contributed by atoms with Gasteiger partial charge in [0.2, 0.25) is 5.78 Å². The van der Waals surface area contributed by atoms with E-state index in [9.17, 15) is 42.6 Å². The third-order valence-electron chi connectivity index (χ3n) is 10.2. The molecule has 0 spiro atoms. The number of ether oxygens (including phenoxy) is 2. The summed E-state index contributed by atoms with van der Waals surface area (Å²) < 4.78 is 66.0. The molecule has 0 aromatic rings. The topological polar surface area (TPSA) is 127 Å². The molecule has 12 heteroatoms. The fourth-order valence-electron chi connectivity index (χ4n) is 8.28. The minimum absolute atomic E-state index is 0.0735. The lowest BCUT2D eigenvalue weighted by Gasteiger charge is -2.62.